The average molecular weight is 774 g/mol. The van der Waals surface area contributed by atoms with Crippen LogP contribution in [0.3, 0.4) is 0 Å². The Kier molecular flexibility index (Phi) is 11.4. The van der Waals surface area contributed by atoms with Crippen molar-refractivity contribution < 1.29 is 14.3 Å². The molecule has 2 aromatic heterocycles. The van der Waals surface area contributed by atoms with Gasteiger partial charge in [0.15, 0.2) is 0 Å². The first-order valence-corrected chi connectivity index (χ1v) is 19.4. The summed E-state index contributed by atoms with van der Waals surface area (Å²) in [7, 11) is 0. The molecule has 2 fully saturated rings. The zero-order valence-electron chi connectivity index (χ0n) is 29.2. The van der Waals surface area contributed by atoms with Gasteiger partial charge in [0.25, 0.3) is 0 Å². The second-order valence-corrected chi connectivity index (χ2v) is 15.5. The van der Waals surface area contributed by atoms with Crippen LogP contribution in [0.1, 0.15) is 78.2 Å². The molecule has 0 radical (unpaired) electrons. The quantitative estimate of drug-likeness (QED) is 0.173. The lowest BCUT2D eigenvalue weighted by Crippen LogP contribution is -2.62. The fourth-order valence-corrected chi connectivity index (χ4v) is 8.54. The van der Waals surface area contributed by atoms with Gasteiger partial charge in [0.2, 0.25) is 5.91 Å². The van der Waals surface area contributed by atoms with Gasteiger partial charge in [0.05, 0.1) is 23.8 Å². The van der Waals surface area contributed by atoms with Crippen LogP contribution in [0.5, 0.6) is 0 Å². The largest absolute Gasteiger partial charge is 0.446 e. The van der Waals surface area contributed by atoms with E-state index in [0.29, 0.717) is 37.7 Å². The fourth-order valence-electron chi connectivity index (χ4n) is 7.96. The minimum absolute atomic E-state index is 0.0695. The van der Waals surface area contributed by atoms with Crippen molar-refractivity contribution in [3.05, 3.63) is 116 Å². The highest BCUT2D eigenvalue weighted by atomic mass is 79.9. The van der Waals surface area contributed by atoms with Gasteiger partial charge in [-0.05, 0) is 108 Å². The predicted octanol–water partition coefficient (Wildman–Crippen LogP) is 7.77. The van der Waals surface area contributed by atoms with Gasteiger partial charge >= 0.3 is 6.09 Å². The zero-order valence-corrected chi connectivity index (χ0v) is 31.6. The summed E-state index contributed by atoms with van der Waals surface area (Å²) >= 11 is 10.2. The number of pyridine rings is 1. The minimum atomic E-state index is -0.730. The summed E-state index contributed by atoms with van der Waals surface area (Å²) in [6.45, 7) is 5.01. The minimum Gasteiger partial charge on any atom is -0.446 e. The molecule has 3 heterocycles. The van der Waals surface area contributed by atoms with Crippen LogP contribution in [-0.4, -0.2) is 79.6 Å². The summed E-state index contributed by atoms with van der Waals surface area (Å²) in [5.41, 5.74) is 6.50. The summed E-state index contributed by atoms with van der Waals surface area (Å²) in [5.74, 6) is -0.0695. The highest BCUT2D eigenvalue weighted by molar-refractivity contribution is 9.10. The third-order valence-electron chi connectivity index (χ3n) is 10.5. The van der Waals surface area contributed by atoms with E-state index in [1.807, 2.05) is 54.8 Å². The van der Waals surface area contributed by atoms with E-state index in [9.17, 15) is 4.79 Å². The average Bonchev–Trinajstić information content (AvgIpc) is 3.49. The molecule has 2 atom stereocenters. The summed E-state index contributed by atoms with van der Waals surface area (Å²) in [4.78, 5) is 44.4. The first-order chi connectivity index (χ1) is 24.8. The molecule has 4 aromatic rings. The molecule has 0 unspecified atom stereocenters. The Morgan fingerprint density at radius 3 is 2.59 bits per heavy atom. The van der Waals surface area contributed by atoms with E-state index in [1.165, 1.54) is 17.5 Å². The second kappa shape index (κ2) is 16.3. The lowest BCUT2D eigenvalue weighted by atomic mass is 9.95. The van der Waals surface area contributed by atoms with Gasteiger partial charge in [-0.3, -0.25) is 19.6 Å². The number of amides is 2. The number of rotatable bonds is 9. The topological polar surface area (TPSA) is 83.8 Å². The summed E-state index contributed by atoms with van der Waals surface area (Å²) < 4.78 is 9.15. The molecule has 51 heavy (non-hydrogen) atoms. The molecule has 9 nitrogen and oxygen atoms in total. The van der Waals surface area contributed by atoms with E-state index in [1.54, 1.807) is 4.90 Å². The van der Waals surface area contributed by atoms with Gasteiger partial charge in [-0.15, -0.1) is 0 Å². The van der Waals surface area contributed by atoms with E-state index >= 15 is 4.79 Å². The SMILES string of the molecule is Cc1cn(CCCN(Cc2ccccc2)C(=O)[C@H]2CN([C@@H]3c4ccc(Cl)cc4CCc4cc(Br)cnc43)CCN2C(=O)OC2CCCCC2)cn1. The number of halogens is 2. The number of fused-ring (bicyclic) bond motifs is 2. The van der Waals surface area contributed by atoms with Gasteiger partial charge in [-0.1, -0.05) is 54.4 Å². The van der Waals surface area contributed by atoms with Crippen LogP contribution >= 0.6 is 27.5 Å². The summed E-state index contributed by atoms with van der Waals surface area (Å²) in [5, 5.41) is 0.707. The molecule has 0 N–H and O–H groups in total. The van der Waals surface area contributed by atoms with Gasteiger partial charge in [0, 0.05) is 61.2 Å². The van der Waals surface area contributed by atoms with Gasteiger partial charge in [-0.25, -0.2) is 9.78 Å². The maximum atomic E-state index is 15.0. The van der Waals surface area contributed by atoms with E-state index in [0.717, 1.165) is 78.5 Å². The number of benzene rings is 2. The maximum absolute atomic E-state index is 15.0. The normalized spacial score (nSPS) is 19.5. The Balaban J connectivity index is 1.22. The first kappa shape index (κ1) is 35.7. The van der Waals surface area contributed by atoms with Crippen molar-refractivity contribution in [2.75, 3.05) is 26.2 Å². The highest BCUT2D eigenvalue weighted by Gasteiger charge is 2.43. The highest BCUT2D eigenvalue weighted by Crippen LogP contribution is 2.39. The number of piperazine rings is 1. The molecule has 3 aliphatic rings. The Morgan fingerprint density at radius 1 is 1.00 bits per heavy atom. The standard InChI is InChI=1S/C40H46BrClN6O3/c1-28-24-45(27-44-28)17-8-18-47(25-29-9-4-2-5-10-29)39(49)36-26-46(19-20-48(36)40(50)51-34-11-6-3-7-12-34)38-35-16-15-33(42)22-30(35)13-14-31-21-32(41)23-43-37(31)38/h2,4-5,9-10,15-16,21-24,27,34,36,38H,3,6-8,11-14,17-20,25-26H2,1H3/t36-,38-/m1/s1. The number of hydrogen-bond donors (Lipinski definition) is 0. The number of carbonyl (C=O) groups excluding carboxylic acids is 2. The molecule has 11 heteroatoms. The van der Waals surface area contributed by atoms with Crippen LogP contribution in [0, 0.1) is 6.92 Å². The van der Waals surface area contributed by atoms with E-state index in [2.05, 4.69) is 60.7 Å². The van der Waals surface area contributed by atoms with Crippen molar-refractivity contribution in [1.29, 1.82) is 0 Å². The predicted molar refractivity (Wildman–Crippen MR) is 202 cm³/mol. The Morgan fingerprint density at radius 2 is 1.80 bits per heavy atom. The first-order valence-electron chi connectivity index (χ1n) is 18.3. The summed E-state index contributed by atoms with van der Waals surface area (Å²) in [6.07, 6.45) is 12.7. The third kappa shape index (κ3) is 8.50. The van der Waals surface area contributed by atoms with Gasteiger partial charge < -0.3 is 14.2 Å². The molecule has 268 valence electrons. The molecule has 2 amide bonds. The van der Waals surface area contributed by atoms with Crippen molar-refractivity contribution in [3.8, 4) is 0 Å². The lowest BCUT2D eigenvalue weighted by Gasteiger charge is -2.45. The number of carbonyl (C=O) groups is 2. The van der Waals surface area contributed by atoms with Crippen molar-refractivity contribution >= 4 is 39.5 Å². The lowest BCUT2D eigenvalue weighted by molar-refractivity contribution is -0.140. The molecular formula is C40H46BrClN6O3. The van der Waals surface area contributed by atoms with Crippen LogP contribution in [0.4, 0.5) is 4.79 Å². The molecule has 2 aliphatic carbocycles. The Labute approximate surface area is 314 Å². The number of ether oxygens (including phenoxy) is 1. The number of imidazole rings is 1. The van der Waals surface area contributed by atoms with Crippen LogP contribution in [0.15, 0.2) is 77.8 Å². The molecule has 7 rings (SSSR count). The maximum Gasteiger partial charge on any atom is 0.410 e. The van der Waals surface area contributed by atoms with Crippen LogP contribution in [-0.2, 0) is 35.5 Å². The number of aryl methyl sites for hydroxylation is 4. The van der Waals surface area contributed by atoms with Crippen LogP contribution < -0.4 is 0 Å². The van der Waals surface area contributed by atoms with E-state index in [4.69, 9.17) is 21.3 Å². The fraction of sp³-hybridized carbons (Fsp3) is 0.450. The Bertz CT molecular complexity index is 1780. The number of nitrogens with zero attached hydrogens (tertiary/aromatic N) is 6. The molecule has 2 aromatic carbocycles. The monoisotopic (exact) mass is 772 g/mol. The molecule has 1 saturated carbocycles. The van der Waals surface area contributed by atoms with E-state index < -0.39 is 6.04 Å². The van der Waals surface area contributed by atoms with Crippen LogP contribution in [0.2, 0.25) is 5.02 Å². The molecule has 0 spiro atoms. The summed E-state index contributed by atoms with van der Waals surface area (Å²) in [6, 6.07) is 17.5. The second-order valence-electron chi connectivity index (χ2n) is 14.1. The zero-order chi connectivity index (χ0) is 35.3. The van der Waals surface area contributed by atoms with Gasteiger partial charge in [-0.2, -0.15) is 0 Å². The third-order valence-corrected chi connectivity index (χ3v) is 11.2. The molecule has 1 saturated heterocycles. The number of hydrogen-bond acceptors (Lipinski definition) is 6. The van der Waals surface area contributed by atoms with Crippen molar-refractivity contribution in [2.45, 2.75) is 89.6 Å². The van der Waals surface area contributed by atoms with Crippen molar-refractivity contribution in [1.82, 2.24) is 29.2 Å². The van der Waals surface area contributed by atoms with Crippen LogP contribution in [0.25, 0.3) is 0 Å². The van der Waals surface area contributed by atoms with Gasteiger partial charge in [0.1, 0.15) is 12.1 Å². The molecular weight excluding hydrogens is 728 g/mol. The van der Waals surface area contributed by atoms with Crippen molar-refractivity contribution in [3.63, 3.8) is 0 Å². The Hall–Kier alpha value is -3.73. The molecule has 1 aliphatic heterocycles. The smallest absolute Gasteiger partial charge is 0.410 e. The number of aromatic nitrogens is 3. The molecule has 0 bridgehead atoms. The van der Waals surface area contributed by atoms with Crippen molar-refractivity contribution in [2.24, 2.45) is 0 Å². The van der Waals surface area contributed by atoms with E-state index in [-0.39, 0.29) is 24.1 Å².